The molecule has 0 bridgehead atoms. The summed E-state index contributed by atoms with van der Waals surface area (Å²) in [7, 11) is 0. The van der Waals surface area contributed by atoms with Crippen LogP contribution < -0.4 is 5.32 Å². The normalized spacial score (nSPS) is 12.5. The molecule has 1 unspecified atom stereocenters. The van der Waals surface area contributed by atoms with Crippen molar-refractivity contribution in [2.45, 2.75) is 32.4 Å². The zero-order valence-electron chi connectivity index (χ0n) is 8.20. The molecule has 1 aromatic heterocycles. The molecule has 1 atom stereocenters. The lowest BCUT2D eigenvalue weighted by molar-refractivity contribution is 0.190. The van der Waals surface area contributed by atoms with E-state index in [-0.39, 0.29) is 0 Å². The molecule has 1 rings (SSSR count). The summed E-state index contributed by atoms with van der Waals surface area (Å²) in [6, 6.07) is 1.89. The van der Waals surface area contributed by atoms with Gasteiger partial charge in [0.2, 0.25) is 0 Å². The lowest BCUT2D eigenvalue weighted by Crippen LogP contribution is -2.18. The molecule has 0 radical (unpaired) electrons. The van der Waals surface area contributed by atoms with Crippen LogP contribution >= 0.6 is 15.9 Å². The average molecular weight is 259 g/mol. The van der Waals surface area contributed by atoms with E-state index in [1.165, 1.54) is 0 Å². The predicted molar refractivity (Wildman–Crippen MR) is 61.1 cm³/mol. The van der Waals surface area contributed by atoms with Crippen molar-refractivity contribution in [3.05, 3.63) is 22.9 Å². The summed E-state index contributed by atoms with van der Waals surface area (Å²) < 4.78 is 0.908. The van der Waals surface area contributed by atoms with E-state index in [0.717, 1.165) is 29.4 Å². The summed E-state index contributed by atoms with van der Waals surface area (Å²) in [5, 5.41) is 12.6. The number of aliphatic hydroxyl groups excluding tert-OH is 1. The van der Waals surface area contributed by atoms with Gasteiger partial charge >= 0.3 is 0 Å². The van der Waals surface area contributed by atoms with Crippen LogP contribution in [-0.4, -0.2) is 16.3 Å². The lowest BCUT2D eigenvalue weighted by Gasteiger charge is -2.13. The van der Waals surface area contributed by atoms with E-state index >= 15 is 0 Å². The van der Waals surface area contributed by atoms with Gasteiger partial charge in [-0.1, -0.05) is 13.3 Å². The first kappa shape index (κ1) is 11.5. The highest BCUT2D eigenvalue weighted by Crippen LogP contribution is 2.15. The van der Waals surface area contributed by atoms with Crippen molar-refractivity contribution in [3.8, 4) is 0 Å². The molecule has 78 valence electrons. The van der Waals surface area contributed by atoms with Gasteiger partial charge in [-0.2, -0.15) is 0 Å². The second kappa shape index (κ2) is 5.98. The predicted octanol–water partition coefficient (Wildman–Crippen LogP) is 2.76. The third-order valence-corrected chi connectivity index (χ3v) is 2.30. The van der Waals surface area contributed by atoms with E-state index in [2.05, 4.69) is 33.2 Å². The van der Waals surface area contributed by atoms with Crippen molar-refractivity contribution in [1.82, 2.24) is 4.98 Å². The summed E-state index contributed by atoms with van der Waals surface area (Å²) in [6.07, 6.45) is 5.81. The van der Waals surface area contributed by atoms with Crippen LogP contribution in [0.4, 0.5) is 5.69 Å². The molecule has 14 heavy (non-hydrogen) atoms. The Hall–Kier alpha value is -0.610. The van der Waals surface area contributed by atoms with Crippen LogP contribution in [0.3, 0.4) is 0 Å². The number of hydrogen-bond donors (Lipinski definition) is 2. The number of aromatic nitrogens is 1. The first-order chi connectivity index (χ1) is 6.72. The fraction of sp³-hybridized carbons (Fsp3) is 0.500. The number of nitrogens with one attached hydrogen (secondary N) is 1. The Bertz CT molecular complexity index is 281. The molecule has 0 amide bonds. The molecule has 3 nitrogen and oxygen atoms in total. The van der Waals surface area contributed by atoms with Crippen LogP contribution in [-0.2, 0) is 0 Å². The van der Waals surface area contributed by atoms with Gasteiger partial charge in [-0.15, -0.1) is 0 Å². The Morgan fingerprint density at radius 1 is 1.57 bits per heavy atom. The summed E-state index contributed by atoms with van der Waals surface area (Å²) in [4.78, 5) is 4.00. The average Bonchev–Trinajstić information content (AvgIpc) is 2.15. The summed E-state index contributed by atoms with van der Waals surface area (Å²) in [5.74, 6) is 0. The van der Waals surface area contributed by atoms with Gasteiger partial charge in [0.05, 0.1) is 11.9 Å². The number of rotatable bonds is 5. The number of nitrogens with zero attached hydrogens (tertiary/aromatic N) is 1. The van der Waals surface area contributed by atoms with E-state index in [4.69, 9.17) is 0 Å². The van der Waals surface area contributed by atoms with Crippen molar-refractivity contribution in [2.75, 3.05) is 5.32 Å². The van der Waals surface area contributed by atoms with Gasteiger partial charge in [-0.05, 0) is 34.8 Å². The Kier molecular flexibility index (Phi) is 4.90. The number of anilines is 1. The maximum absolute atomic E-state index is 9.57. The molecule has 0 fully saturated rings. The highest BCUT2D eigenvalue weighted by Gasteiger charge is 2.02. The van der Waals surface area contributed by atoms with Crippen molar-refractivity contribution in [2.24, 2.45) is 0 Å². The Labute approximate surface area is 92.7 Å². The smallest absolute Gasteiger partial charge is 0.124 e. The number of aliphatic hydroxyl groups is 1. The fourth-order valence-corrected chi connectivity index (χ4v) is 1.52. The third-order valence-electron chi connectivity index (χ3n) is 1.87. The molecule has 1 aromatic rings. The molecule has 2 N–H and O–H groups in total. The second-order valence-electron chi connectivity index (χ2n) is 3.19. The zero-order chi connectivity index (χ0) is 10.4. The Morgan fingerprint density at radius 2 is 2.36 bits per heavy atom. The third kappa shape index (κ3) is 4.07. The molecule has 0 saturated carbocycles. The number of unbranched alkanes of at least 4 members (excludes halogenated alkanes) is 1. The molecule has 4 heteroatoms. The maximum Gasteiger partial charge on any atom is 0.124 e. The van der Waals surface area contributed by atoms with Gasteiger partial charge in [0.15, 0.2) is 0 Å². The van der Waals surface area contributed by atoms with Gasteiger partial charge < -0.3 is 10.4 Å². The van der Waals surface area contributed by atoms with Crippen LogP contribution in [0.15, 0.2) is 22.9 Å². The van der Waals surface area contributed by atoms with Gasteiger partial charge in [0, 0.05) is 10.7 Å². The van der Waals surface area contributed by atoms with E-state index < -0.39 is 6.23 Å². The van der Waals surface area contributed by atoms with Gasteiger partial charge in [0.1, 0.15) is 6.23 Å². The van der Waals surface area contributed by atoms with Gasteiger partial charge in [-0.25, -0.2) is 0 Å². The monoisotopic (exact) mass is 258 g/mol. The van der Waals surface area contributed by atoms with Crippen LogP contribution in [0.1, 0.15) is 26.2 Å². The molecule has 0 aliphatic carbocycles. The van der Waals surface area contributed by atoms with E-state index in [1.54, 1.807) is 12.4 Å². The molecule has 0 aromatic carbocycles. The topological polar surface area (TPSA) is 45.1 Å². The maximum atomic E-state index is 9.57. The van der Waals surface area contributed by atoms with Gasteiger partial charge in [0.25, 0.3) is 0 Å². The Balaban J connectivity index is 2.43. The molecule has 1 heterocycles. The highest BCUT2D eigenvalue weighted by atomic mass is 79.9. The minimum atomic E-state index is -0.481. The first-order valence-corrected chi connectivity index (χ1v) is 5.57. The van der Waals surface area contributed by atoms with Crippen LogP contribution in [0.5, 0.6) is 0 Å². The lowest BCUT2D eigenvalue weighted by atomic mass is 10.2. The minimum Gasteiger partial charge on any atom is -0.374 e. The van der Waals surface area contributed by atoms with Crippen molar-refractivity contribution in [1.29, 1.82) is 0 Å². The standard InChI is InChI=1S/C10H15BrN2O/c1-2-3-4-10(14)13-9-5-8(11)6-12-7-9/h5-7,10,13-14H,2-4H2,1H3. The first-order valence-electron chi connectivity index (χ1n) is 4.77. The van der Waals surface area contributed by atoms with E-state index in [0.29, 0.717) is 0 Å². The molecule has 0 aliphatic rings. The summed E-state index contributed by atoms with van der Waals surface area (Å²) in [6.45, 7) is 2.10. The number of pyridine rings is 1. The van der Waals surface area contributed by atoms with Crippen molar-refractivity contribution < 1.29 is 5.11 Å². The second-order valence-corrected chi connectivity index (χ2v) is 4.11. The highest BCUT2D eigenvalue weighted by molar-refractivity contribution is 9.10. The van der Waals surface area contributed by atoms with Crippen molar-refractivity contribution >= 4 is 21.6 Å². The van der Waals surface area contributed by atoms with Crippen molar-refractivity contribution in [3.63, 3.8) is 0 Å². The van der Waals surface area contributed by atoms with E-state index in [1.807, 2.05) is 6.07 Å². The largest absolute Gasteiger partial charge is 0.374 e. The molecule has 0 aliphatic heterocycles. The van der Waals surface area contributed by atoms with Crippen LogP contribution in [0.25, 0.3) is 0 Å². The number of hydrogen-bond acceptors (Lipinski definition) is 3. The summed E-state index contributed by atoms with van der Waals surface area (Å²) >= 11 is 3.32. The molecular formula is C10H15BrN2O. The summed E-state index contributed by atoms with van der Waals surface area (Å²) in [5.41, 5.74) is 0.836. The number of halogens is 1. The zero-order valence-corrected chi connectivity index (χ0v) is 9.79. The molecule has 0 saturated heterocycles. The van der Waals surface area contributed by atoms with Gasteiger partial charge in [-0.3, -0.25) is 4.98 Å². The van der Waals surface area contributed by atoms with Crippen LogP contribution in [0, 0.1) is 0 Å². The van der Waals surface area contributed by atoms with Crippen LogP contribution in [0.2, 0.25) is 0 Å². The minimum absolute atomic E-state index is 0.481. The SMILES string of the molecule is CCCCC(O)Nc1cncc(Br)c1. The quantitative estimate of drug-likeness (QED) is 0.799. The van der Waals surface area contributed by atoms with E-state index in [9.17, 15) is 5.11 Å². The molecule has 0 spiro atoms. The molecular weight excluding hydrogens is 244 g/mol. The fourth-order valence-electron chi connectivity index (χ4n) is 1.15. The Morgan fingerprint density at radius 3 is 3.00 bits per heavy atom.